The highest BCUT2D eigenvalue weighted by Gasteiger charge is 2.30. The summed E-state index contributed by atoms with van der Waals surface area (Å²) in [5.74, 6) is 0.00147. The van der Waals surface area contributed by atoms with Crippen LogP contribution in [-0.2, 0) is 18.3 Å². The van der Waals surface area contributed by atoms with Gasteiger partial charge in [0.15, 0.2) is 0 Å². The molecule has 138 valence electrons. The molecule has 1 amide bonds. The number of nitrogens with one attached hydrogen (secondary N) is 1. The van der Waals surface area contributed by atoms with Crippen molar-refractivity contribution >= 4 is 29.0 Å². The molecule has 8 heteroatoms. The summed E-state index contributed by atoms with van der Waals surface area (Å²) in [4.78, 5) is 30.5. The average molecular weight is 378 g/mol. The van der Waals surface area contributed by atoms with Gasteiger partial charge in [-0.25, -0.2) is 5.06 Å². The lowest BCUT2D eigenvalue weighted by Crippen LogP contribution is -2.40. The smallest absolute Gasteiger partial charge is 0.281 e. The second kappa shape index (κ2) is 7.49. The number of anilines is 2. The molecule has 0 saturated carbocycles. The Morgan fingerprint density at radius 1 is 1.31 bits per heavy atom. The van der Waals surface area contributed by atoms with Crippen molar-refractivity contribution in [2.75, 3.05) is 25.1 Å². The number of halogens is 1. The van der Waals surface area contributed by atoms with Gasteiger partial charge < -0.3 is 10.4 Å². The number of hydrogen-bond acceptors (Lipinski definition) is 5. The zero-order valence-electron chi connectivity index (χ0n) is 14.6. The number of carbonyl (C=O) groups excluding carboxylic acids is 1. The highest BCUT2D eigenvalue weighted by Crippen LogP contribution is 2.31. The minimum atomic E-state index is -0.360. The van der Waals surface area contributed by atoms with Crippen LogP contribution in [0.4, 0.5) is 11.5 Å². The van der Waals surface area contributed by atoms with Crippen LogP contribution in [0.2, 0.25) is 5.02 Å². The van der Waals surface area contributed by atoms with Crippen LogP contribution >= 0.6 is 11.6 Å². The number of aryl methyl sites for hydroxylation is 1. The molecule has 0 bridgehead atoms. The highest BCUT2D eigenvalue weighted by atomic mass is 35.5. The van der Waals surface area contributed by atoms with Gasteiger partial charge in [-0.05, 0) is 36.6 Å². The number of rotatable bonds is 5. The maximum Gasteiger partial charge on any atom is 0.281 e. The molecule has 0 radical (unpaired) electrons. The Morgan fingerprint density at radius 3 is 2.77 bits per heavy atom. The van der Waals surface area contributed by atoms with Gasteiger partial charge >= 0.3 is 0 Å². The lowest BCUT2D eigenvalue weighted by molar-refractivity contribution is -0.132. The number of aliphatic hydroxyl groups is 1. The number of benzene rings is 1. The van der Waals surface area contributed by atoms with E-state index in [0.29, 0.717) is 40.6 Å². The van der Waals surface area contributed by atoms with Crippen molar-refractivity contribution in [3.05, 3.63) is 56.3 Å². The van der Waals surface area contributed by atoms with Crippen molar-refractivity contribution < 1.29 is 14.7 Å². The van der Waals surface area contributed by atoms with Crippen molar-refractivity contribution in [3.63, 3.8) is 0 Å². The predicted octanol–water partition coefficient (Wildman–Crippen LogP) is 2.01. The van der Waals surface area contributed by atoms with Crippen molar-refractivity contribution in [3.8, 4) is 0 Å². The van der Waals surface area contributed by atoms with Crippen LogP contribution in [-0.4, -0.2) is 40.4 Å². The Hall–Kier alpha value is -2.35. The van der Waals surface area contributed by atoms with Crippen molar-refractivity contribution in [2.45, 2.75) is 13.3 Å². The summed E-state index contributed by atoms with van der Waals surface area (Å²) in [7, 11) is 1.59. The van der Waals surface area contributed by atoms with Crippen LogP contribution < -0.4 is 10.9 Å². The molecule has 0 atom stereocenters. The molecule has 0 unspecified atom stereocenters. The zero-order valence-corrected chi connectivity index (χ0v) is 15.3. The van der Waals surface area contributed by atoms with E-state index in [1.807, 2.05) is 13.0 Å². The lowest BCUT2D eigenvalue weighted by Gasteiger charge is -2.29. The number of fused-ring (bicyclic) bond motifs is 1. The van der Waals surface area contributed by atoms with Gasteiger partial charge in [-0.15, -0.1) is 0 Å². The Morgan fingerprint density at radius 2 is 2.08 bits per heavy atom. The van der Waals surface area contributed by atoms with Crippen LogP contribution in [0, 0.1) is 6.92 Å². The van der Waals surface area contributed by atoms with Crippen LogP contribution in [0.1, 0.15) is 21.5 Å². The van der Waals surface area contributed by atoms with E-state index in [9.17, 15) is 9.59 Å². The SMILES string of the molecule is Cc1ccc(Nc2c3c(cc(=O)n2C)CCN(OCCO)C3=O)c(Cl)c1. The molecule has 1 aromatic heterocycles. The Balaban J connectivity index is 2.06. The maximum atomic E-state index is 12.9. The van der Waals surface area contributed by atoms with E-state index >= 15 is 0 Å². The molecule has 2 heterocycles. The van der Waals surface area contributed by atoms with E-state index in [0.717, 1.165) is 5.56 Å². The average Bonchev–Trinajstić information content (AvgIpc) is 2.60. The fourth-order valence-electron chi connectivity index (χ4n) is 2.90. The number of aromatic nitrogens is 1. The summed E-state index contributed by atoms with van der Waals surface area (Å²) in [5.41, 5.74) is 2.42. The fraction of sp³-hybridized carbons (Fsp3) is 0.333. The van der Waals surface area contributed by atoms with Crippen LogP contribution in [0.5, 0.6) is 0 Å². The standard InChI is InChI=1S/C18H20ClN3O4/c1-11-3-4-14(13(19)9-11)20-17-16-12(10-15(24)21(17)2)5-6-22(18(16)25)26-8-7-23/h3-4,9-10,20,23H,5-8H2,1-2H3. The third kappa shape index (κ3) is 3.46. The molecule has 0 spiro atoms. The van der Waals surface area contributed by atoms with Gasteiger partial charge in [0.1, 0.15) is 5.82 Å². The Labute approximate surface area is 155 Å². The molecule has 0 fully saturated rings. The lowest BCUT2D eigenvalue weighted by atomic mass is 10.0. The molecule has 0 aliphatic carbocycles. The van der Waals surface area contributed by atoms with Gasteiger partial charge in [-0.1, -0.05) is 17.7 Å². The molecular weight excluding hydrogens is 358 g/mol. The minimum Gasteiger partial charge on any atom is -0.394 e. The summed E-state index contributed by atoms with van der Waals surface area (Å²) in [6.45, 7) is 2.09. The van der Waals surface area contributed by atoms with E-state index in [1.54, 1.807) is 19.2 Å². The first kappa shape index (κ1) is 18.4. The molecule has 1 aromatic carbocycles. The molecule has 1 aliphatic heterocycles. The molecule has 1 aliphatic rings. The molecule has 2 aromatic rings. The van der Waals surface area contributed by atoms with Crippen molar-refractivity contribution in [2.24, 2.45) is 7.05 Å². The summed E-state index contributed by atoms with van der Waals surface area (Å²) in [6, 6.07) is 6.96. The first-order valence-electron chi connectivity index (χ1n) is 8.24. The summed E-state index contributed by atoms with van der Waals surface area (Å²) < 4.78 is 1.38. The number of aliphatic hydroxyl groups excluding tert-OH is 1. The second-order valence-corrected chi connectivity index (χ2v) is 6.52. The number of nitrogens with zero attached hydrogens (tertiary/aromatic N) is 2. The minimum absolute atomic E-state index is 0.0272. The molecule has 3 rings (SSSR count). The van der Waals surface area contributed by atoms with Crippen LogP contribution in [0.3, 0.4) is 0 Å². The van der Waals surface area contributed by atoms with Gasteiger partial charge in [0.2, 0.25) is 0 Å². The summed E-state index contributed by atoms with van der Waals surface area (Å²) >= 11 is 6.29. The van der Waals surface area contributed by atoms with E-state index in [2.05, 4.69) is 5.32 Å². The Bertz CT molecular complexity index is 910. The quantitative estimate of drug-likeness (QED) is 0.832. The first-order chi connectivity index (χ1) is 12.4. The highest BCUT2D eigenvalue weighted by molar-refractivity contribution is 6.33. The van der Waals surface area contributed by atoms with Gasteiger partial charge in [0.05, 0.1) is 36.0 Å². The second-order valence-electron chi connectivity index (χ2n) is 6.11. The zero-order chi connectivity index (χ0) is 18.8. The third-order valence-electron chi connectivity index (χ3n) is 4.26. The number of carbonyl (C=O) groups is 1. The largest absolute Gasteiger partial charge is 0.394 e. The number of amides is 1. The van der Waals surface area contributed by atoms with E-state index in [1.165, 1.54) is 15.7 Å². The van der Waals surface area contributed by atoms with E-state index < -0.39 is 0 Å². The van der Waals surface area contributed by atoms with Crippen molar-refractivity contribution in [1.82, 2.24) is 9.63 Å². The predicted molar refractivity (Wildman–Crippen MR) is 98.9 cm³/mol. The Kier molecular flexibility index (Phi) is 5.31. The van der Waals surface area contributed by atoms with Gasteiger partial charge in [-0.3, -0.25) is 19.0 Å². The molecular formula is C18H20ClN3O4. The van der Waals surface area contributed by atoms with Crippen molar-refractivity contribution in [1.29, 1.82) is 0 Å². The molecule has 7 nitrogen and oxygen atoms in total. The topological polar surface area (TPSA) is 83.8 Å². The molecule has 0 saturated heterocycles. The maximum absolute atomic E-state index is 12.9. The van der Waals surface area contributed by atoms with Gasteiger partial charge in [0.25, 0.3) is 11.5 Å². The summed E-state index contributed by atoms with van der Waals surface area (Å²) in [6.07, 6.45) is 0.485. The third-order valence-corrected chi connectivity index (χ3v) is 4.58. The monoisotopic (exact) mass is 377 g/mol. The van der Waals surface area contributed by atoms with Crippen LogP contribution in [0.25, 0.3) is 0 Å². The van der Waals surface area contributed by atoms with Gasteiger partial charge in [0, 0.05) is 13.1 Å². The number of hydrogen-bond donors (Lipinski definition) is 2. The normalized spacial score (nSPS) is 13.7. The van der Waals surface area contributed by atoms with E-state index in [4.69, 9.17) is 21.5 Å². The molecule has 26 heavy (non-hydrogen) atoms. The number of pyridine rings is 1. The molecule has 2 N–H and O–H groups in total. The van der Waals surface area contributed by atoms with Gasteiger partial charge in [-0.2, -0.15) is 0 Å². The van der Waals surface area contributed by atoms with E-state index in [-0.39, 0.29) is 24.7 Å². The first-order valence-corrected chi connectivity index (χ1v) is 8.62. The fourth-order valence-corrected chi connectivity index (χ4v) is 3.18. The van der Waals surface area contributed by atoms with Crippen LogP contribution in [0.15, 0.2) is 29.1 Å². The summed E-state index contributed by atoms with van der Waals surface area (Å²) in [5, 5.41) is 13.8. The number of hydroxylamine groups is 2.